The molecule has 0 aromatic heterocycles. The van der Waals surface area contributed by atoms with Gasteiger partial charge in [0.25, 0.3) is 0 Å². The van der Waals surface area contributed by atoms with E-state index >= 15 is 0 Å². The average Bonchev–Trinajstić information content (AvgIpc) is 3.65. The summed E-state index contributed by atoms with van der Waals surface area (Å²) in [6.07, 6.45) is 0. The molecule has 8 aromatic carbocycles. The highest BCUT2D eigenvalue weighted by molar-refractivity contribution is 5.97. The van der Waals surface area contributed by atoms with Crippen LogP contribution in [0.15, 0.2) is 194 Å². The van der Waals surface area contributed by atoms with Crippen LogP contribution in [0.25, 0.3) is 22.3 Å². The summed E-state index contributed by atoms with van der Waals surface area (Å²) in [4.78, 5) is 3.58. The number of nitrogens with one attached hydrogen (secondary N) is 1. The molecule has 0 saturated carbocycles. The van der Waals surface area contributed by atoms with Crippen molar-refractivity contribution in [2.24, 2.45) is 0 Å². The normalized spacial score (nSPS) is 14.8. The number of para-hydroxylation sites is 4. The monoisotopic (exact) mass is 680 g/mol. The first-order valence-electron chi connectivity index (χ1n) is 18.3. The van der Waals surface area contributed by atoms with E-state index in [1.54, 1.807) is 0 Å². The van der Waals surface area contributed by atoms with E-state index in [1.807, 2.05) is 0 Å². The van der Waals surface area contributed by atoms with Gasteiger partial charge in [0.2, 0.25) is 0 Å². The second kappa shape index (κ2) is 12.2. The number of hydrogen-bond donors (Lipinski definition) is 2. The molecule has 1 spiro atoms. The summed E-state index contributed by atoms with van der Waals surface area (Å²) in [7, 11) is 0. The van der Waals surface area contributed by atoms with Gasteiger partial charge < -0.3 is 10.6 Å². The van der Waals surface area contributed by atoms with Gasteiger partial charge in [-0.15, -0.1) is 0 Å². The predicted octanol–water partition coefficient (Wildman–Crippen LogP) is 11.6. The average molecular weight is 681 g/mol. The molecule has 53 heavy (non-hydrogen) atoms. The quantitative estimate of drug-likeness (QED) is 0.171. The lowest BCUT2D eigenvalue weighted by atomic mass is 9.70. The van der Waals surface area contributed by atoms with E-state index < -0.39 is 5.41 Å². The maximum Gasteiger partial charge on any atom is 0.141 e. The van der Waals surface area contributed by atoms with Gasteiger partial charge in [0.1, 0.15) is 17.1 Å². The zero-order chi connectivity index (χ0) is 35.5. The fourth-order valence-corrected chi connectivity index (χ4v) is 8.95. The molecule has 0 radical (unpaired) electrons. The minimum Gasteiger partial charge on any atom is -0.399 e. The molecular formula is C50H38N3+. The number of anilines is 4. The summed E-state index contributed by atoms with van der Waals surface area (Å²) in [5.41, 5.74) is 25.2. The molecule has 0 fully saturated rings. The second-order valence-electron chi connectivity index (χ2n) is 14.2. The van der Waals surface area contributed by atoms with Gasteiger partial charge in [-0.3, -0.25) is 0 Å². The van der Waals surface area contributed by atoms with Crippen LogP contribution in [0.3, 0.4) is 0 Å². The minimum atomic E-state index is -0.583. The Kier molecular flexibility index (Phi) is 7.17. The van der Waals surface area contributed by atoms with Crippen molar-refractivity contribution < 1.29 is 4.90 Å². The van der Waals surface area contributed by atoms with Crippen LogP contribution in [-0.4, -0.2) is 0 Å². The van der Waals surface area contributed by atoms with E-state index in [-0.39, 0.29) is 0 Å². The highest BCUT2D eigenvalue weighted by Crippen LogP contribution is 2.64. The number of nitrogens with zero attached hydrogens (tertiary/aromatic N) is 1. The predicted molar refractivity (Wildman–Crippen MR) is 219 cm³/mol. The molecule has 252 valence electrons. The number of benzene rings is 8. The molecule has 0 aliphatic heterocycles. The molecule has 1 unspecified atom stereocenters. The first kappa shape index (κ1) is 31.1. The van der Waals surface area contributed by atoms with E-state index in [0.717, 1.165) is 22.7 Å². The molecule has 0 saturated heterocycles. The van der Waals surface area contributed by atoms with E-state index in [0.29, 0.717) is 0 Å². The van der Waals surface area contributed by atoms with Crippen molar-refractivity contribution in [1.29, 1.82) is 0 Å². The third kappa shape index (κ3) is 4.78. The number of fused-ring (bicyclic) bond motifs is 10. The smallest absolute Gasteiger partial charge is 0.141 e. The summed E-state index contributed by atoms with van der Waals surface area (Å²) in [5.74, 6) is 0. The van der Waals surface area contributed by atoms with Crippen molar-refractivity contribution >= 4 is 39.8 Å². The molecule has 2 aliphatic carbocycles. The van der Waals surface area contributed by atoms with Crippen LogP contribution in [0.2, 0.25) is 0 Å². The Morgan fingerprint density at radius 3 is 1.43 bits per heavy atom. The van der Waals surface area contributed by atoms with Crippen molar-refractivity contribution in [3.05, 3.63) is 222 Å². The molecule has 3 N–H and O–H groups in total. The first-order chi connectivity index (χ1) is 26.1. The van der Waals surface area contributed by atoms with E-state index in [1.165, 1.54) is 72.0 Å². The lowest BCUT2D eigenvalue weighted by Crippen LogP contribution is -2.96. The highest BCUT2D eigenvalue weighted by Gasteiger charge is 2.52. The first-order valence-corrected chi connectivity index (χ1v) is 18.3. The zero-order valence-electron chi connectivity index (χ0n) is 29.5. The molecular weight excluding hydrogens is 643 g/mol. The fourth-order valence-electron chi connectivity index (χ4n) is 8.95. The van der Waals surface area contributed by atoms with Crippen molar-refractivity contribution in [3.63, 3.8) is 0 Å². The third-order valence-electron chi connectivity index (χ3n) is 11.1. The van der Waals surface area contributed by atoms with Gasteiger partial charge in [-0.1, -0.05) is 109 Å². The molecule has 3 nitrogen and oxygen atoms in total. The van der Waals surface area contributed by atoms with Gasteiger partial charge in [0, 0.05) is 34.9 Å². The topological polar surface area (TPSA) is 33.7 Å². The van der Waals surface area contributed by atoms with Gasteiger partial charge in [0.05, 0.1) is 5.41 Å². The number of nitrogens with two attached hydrogens (primary N) is 1. The number of quaternary nitrogens is 1. The molecule has 3 heteroatoms. The third-order valence-corrected chi connectivity index (χ3v) is 11.1. The van der Waals surface area contributed by atoms with Gasteiger partial charge in [-0.05, 0) is 130 Å². The van der Waals surface area contributed by atoms with Crippen LogP contribution in [0.4, 0.5) is 39.8 Å². The Hall–Kier alpha value is -6.68. The highest BCUT2D eigenvalue weighted by atomic mass is 15.1. The van der Waals surface area contributed by atoms with Crippen molar-refractivity contribution in [3.8, 4) is 22.3 Å². The summed E-state index contributed by atoms with van der Waals surface area (Å²) in [6.45, 7) is 2.21. The van der Waals surface area contributed by atoms with Crippen LogP contribution in [0, 0.1) is 6.92 Å². The minimum absolute atomic E-state index is 0.583. The lowest BCUT2D eigenvalue weighted by Gasteiger charge is -2.33. The van der Waals surface area contributed by atoms with E-state index in [2.05, 4.69) is 206 Å². The van der Waals surface area contributed by atoms with Gasteiger partial charge in [-0.25, -0.2) is 4.90 Å². The van der Waals surface area contributed by atoms with Gasteiger partial charge in [-0.2, -0.15) is 0 Å². The van der Waals surface area contributed by atoms with Gasteiger partial charge in [0.15, 0.2) is 0 Å². The number of hydrogen-bond acceptors (Lipinski definition) is 2. The Labute approximate surface area is 310 Å². The molecule has 0 bridgehead atoms. The summed E-state index contributed by atoms with van der Waals surface area (Å²) >= 11 is 0. The number of nitrogen functional groups attached to an aromatic ring is 1. The van der Waals surface area contributed by atoms with Crippen LogP contribution in [-0.2, 0) is 5.41 Å². The van der Waals surface area contributed by atoms with Gasteiger partial charge >= 0.3 is 0 Å². The van der Waals surface area contributed by atoms with E-state index in [9.17, 15) is 0 Å². The maximum atomic E-state index is 6.73. The molecule has 10 rings (SSSR count). The molecule has 2 aliphatic rings. The maximum absolute atomic E-state index is 6.73. The zero-order valence-corrected chi connectivity index (χ0v) is 29.5. The summed E-state index contributed by atoms with van der Waals surface area (Å²) in [6, 6.07) is 70.6. The standard InChI is InChI=1S/C50H37N3/c1-34-22-26-42-44-28-24-40(52(36-14-6-2-7-15-36)37-16-8-3-9-17-37)32-48(44)50(46(42)30-34)47-31-35(51)23-27-43(47)45-29-25-41(33-49(45)50)53(38-18-10-4-11-19-38)39-20-12-5-13-21-39/h2-33H,51H2,1H3/p+1. The molecule has 0 amide bonds. The van der Waals surface area contributed by atoms with E-state index in [4.69, 9.17) is 5.73 Å². The SMILES string of the molecule is Cc1ccc2c(c1)C1(c3cc(N)ccc3-c3ccc([NH+](c4ccccc4)c4ccccc4)cc31)c1cc(N(c3ccccc3)c3ccccc3)ccc1-2. The molecule has 0 heterocycles. The van der Waals surface area contributed by atoms with Crippen LogP contribution >= 0.6 is 0 Å². The van der Waals surface area contributed by atoms with Crippen LogP contribution in [0.5, 0.6) is 0 Å². The Balaban J connectivity index is 1.28. The second-order valence-corrected chi connectivity index (χ2v) is 14.2. The Morgan fingerprint density at radius 1 is 0.396 bits per heavy atom. The fraction of sp³-hybridized carbons (Fsp3) is 0.0400. The van der Waals surface area contributed by atoms with Crippen molar-refractivity contribution in [1.82, 2.24) is 0 Å². The van der Waals surface area contributed by atoms with Crippen LogP contribution < -0.4 is 15.5 Å². The Bertz CT molecular complexity index is 2370. The summed E-state index contributed by atoms with van der Waals surface area (Å²) < 4.78 is 0. The largest absolute Gasteiger partial charge is 0.399 e. The molecule has 1 atom stereocenters. The van der Waals surface area contributed by atoms with Crippen LogP contribution in [0.1, 0.15) is 27.8 Å². The number of rotatable bonds is 6. The van der Waals surface area contributed by atoms with Crippen molar-refractivity contribution in [2.45, 2.75) is 12.3 Å². The Morgan fingerprint density at radius 2 is 0.849 bits per heavy atom. The number of aryl methyl sites for hydroxylation is 1. The van der Waals surface area contributed by atoms with Crippen molar-refractivity contribution in [2.75, 3.05) is 10.6 Å². The molecule has 8 aromatic rings. The summed E-state index contributed by atoms with van der Waals surface area (Å²) in [5, 5.41) is 0. The lowest BCUT2D eigenvalue weighted by molar-refractivity contribution is -0.681.